The molecule has 3 heterocycles. The third kappa shape index (κ3) is 3.13. The third-order valence-corrected chi connectivity index (χ3v) is 7.85. The zero-order valence-corrected chi connectivity index (χ0v) is 15.6. The van der Waals surface area contributed by atoms with Crippen LogP contribution in [0.5, 0.6) is 11.5 Å². The van der Waals surface area contributed by atoms with Gasteiger partial charge in [0.1, 0.15) is 0 Å². The number of hydrogen-bond acceptors (Lipinski definition) is 5. The Morgan fingerprint density at radius 3 is 2.60 bits per heavy atom. The summed E-state index contributed by atoms with van der Waals surface area (Å²) < 4.78 is 38.2. The van der Waals surface area contributed by atoms with Gasteiger partial charge in [-0.1, -0.05) is 6.92 Å². The molecule has 3 aliphatic heterocycles. The number of fused-ring (bicyclic) bond motifs is 1. The van der Waals surface area contributed by atoms with Crippen LogP contribution in [0.4, 0.5) is 0 Å². The molecular weight excluding hydrogens is 340 g/mol. The number of likely N-dealkylation sites (tertiary alicyclic amines) is 1. The lowest BCUT2D eigenvalue weighted by Crippen LogP contribution is -2.50. The monoisotopic (exact) mass is 366 g/mol. The van der Waals surface area contributed by atoms with Crippen LogP contribution < -0.4 is 9.47 Å². The number of sulfonamides is 1. The second kappa shape index (κ2) is 6.45. The summed E-state index contributed by atoms with van der Waals surface area (Å²) in [6.45, 7) is 6.94. The molecule has 0 saturated carbocycles. The lowest BCUT2D eigenvalue weighted by molar-refractivity contribution is 0.0460. The van der Waals surface area contributed by atoms with Crippen molar-refractivity contribution in [3.8, 4) is 11.5 Å². The van der Waals surface area contributed by atoms with Crippen LogP contribution in [0.1, 0.15) is 32.6 Å². The number of piperidine rings is 2. The molecule has 0 atom stereocenters. The van der Waals surface area contributed by atoms with Gasteiger partial charge >= 0.3 is 0 Å². The van der Waals surface area contributed by atoms with Crippen LogP contribution in [-0.4, -0.2) is 57.1 Å². The van der Waals surface area contributed by atoms with Gasteiger partial charge in [-0.2, -0.15) is 4.31 Å². The van der Waals surface area contributed by atoms with Crippen molar-refractivity contribution in [3.63, 3.8) is 0 Å². The molecule has 0 aromatic heterocycles. The molecule has 138 valence electrons. The van der Waals surface area contributed by atoms with Crippen LogP contribution in [-0.2, 0) is 10.0 Å². The van der Waals surface area contributed by atoms with Gasteiger partial charge in [-0.3, -0.25) is 0 Å². The first-order valence-electron chi connectivity index (χ1n) is 9.15. The number of hydrogen-bond donors (Lipinski definition) is 0. The first-order valence-corrected chi connectivity index (χ1v) is 10.6. The second-order valence-corrected chi connectivity index (χ2v) is 9.33. The minimum Gasteiger partial charge on any atom is -0.454 e. The van der Waals surface area contributed by atoms with Crippen molar-refractivity contribution >= 4 is 10.0 Å². The first-order chi connectivity index (χ1) is 12.0. The van der Waals surface area contributed by atoms with Crippen LogP contribution in [0.15, 0.2) is 23.1 Å². The summed E-state index contributed by atoms with van der Waals surface area (Å²) in [5.74, 6) is 1.12. The van der Waals surface area contributed by atoms with Crippen molar-refractivity contribution in [1.82, 2.24) is 9.21 Å². The minimum absolute atomic E-state index is 0.152. The van der Waals surface area contributed by atoms with Crippen molar-refractivity contribution in [2.24, 2.45) is 5.41 Å². The topological polar surface area (TPSA) is 59.1 Å². The van der Waals surface area contributed by atoms with E-state index in [9.17, 15) is 8.42 Å². The largest absolute Gasteiger partial charge is 0.454 e. The molecule has 4 rings (SSSR count). The highest BCUT2D eigenvalue weighted by Crippen LogP contribution is 2.41. The molecule has 6 nitrogen and oxygen atoms in total. The van der Waals surface area contributed by atoms with E-state index in [4.69, 9.17) is 9.47 Å². The summed E-state index contributed by atoms with van der Waals surface area (Å²) in [6, 6.07) is 4.88. The molecule has 2 saturated heterocycles. The molecule has 0 radical (unpaired) electrons. The molecular formula is C18H26N2O4S. The molecule has 7 heteroatoms. The average molecular weight is 366 g/mol. The molecule has 25 heavy (non-hydrogen) atoms. The third-order valence-electron chi connectivity index (χ3n) is 5.95. The highest BCUT2D eigenvalue weighted by molar-refractivity contribution is 7.89. The molecule has 3 aliphatic rings. The van der Waals surface area contributed by atoms with Gasteiger partial charge in [-0.05, 0) is 56.3 Å². The van der Waals surface area contributed by atoms with Gasteiger partial charge in [0.2, 0.25) is 16.8 Å². The summed E-state index contributed by atoms with van der Waals surface area (Å²) in [4.78, 5) is 2.80. The van der Waals surface area contributed by atoms with Gasteiger partial charge in [0.05, 0.1) is 4.90 Å². The SMILES string of the molecule is CCN1CCCC2(CCN(S(=O)(=O)c3ccc4c(c3)OCO4)CC2)C1. The maximum Gasteiger partial charge on any atom is 0.243 e. The quantitative estimate of drug-likeness (QED) is 0.822. The smallest absolute Gasteiger partial charge is 0.243 e. The molecule has 1 spiro atoms. The Hall–Kier alpha value is -1.31. The van der Waals surface area contributed by atoms with Gasteiger partial charge < -0.3 is 14.4 Å². The van der Waals surface area contributed by atoms with Crippen molar-refractivity contribution in [2.45, 2.75) is 37.5 Å². The summed E-state index contributed by atoms with van der Waals surface area (Å²) in [5.41, 5.74) is 0.301. The predicted octanol–water partition coefficient (Wildman–Crippen LogP) is 2.30. The molecule has 0 bridgehead atoms. The molecule has 0 N–H and O–H groups in total. The molecule has 1 aromatic carbocycles. The Morgan fingerprint density at radius 2 is 1.84 bits per heavy atom. The normalized spacial score (nSPS) is 23.9. The highest BCUT2D eigenvalue weighted by Gasteiger charge is 2.41. The Labute approximate surface area is 149 Å². The van der Waals surface area contributed by atoms with E-state index < -0.39 is 10.0 Å². The first kappa shape index (κ1) is 17.1. The van der Waals surface area contributed by atoms with E-state index in [-0.39, 0.29) is 6.79 Å². The van der Waals surface area contributed by atoms with Crippen molar-refractivity contribution in [2.75, 3.05) is 39.5 Å². The van der Waals surface area contributed by atoms with Crippen LogP contribution >= 0.6 is 0 Å². The lowest BCUT2D eigenvalue weighted by atomic mass is 9.73. The van der Waals surface area contributed by atoms with Crippen LogP contribution in [0.2, 0.25) is 0 Å². The standard InChI is InChI=1S/C18H26N2O4S/c1-2-19-9-3-6-18(13-19)7-10-20(11-8-18)25(21,22)15-4-5-16-17(12-15)24-14-23-16/h4-5,12H,2-3,6-11,13-14H2,1H3. The van der Waals surface area contributed by atoms with Gasteiger partial charge in [-0.15, -0.1) is 0 Å². The van der Waals surface area contributed by atoms with Crippen LogP contribution in [0.25, 0.3) is 0 Å². The number of nitrogens with zero attached hydrogens (tertiary/aromatic N) is 2. The summed E-state index contributed by atoms with van der Waals surface area (Å²) in [6.07, 6.45) is 4.35. The number of rotatable bonds is 3. The van der Waals surface area contributed by atoms with Gasteiger partial charge in [0.15, 0.2) is 11.5 Å². The van der Waals surface area contributed by atoms with Crippen LogP contribution in [0, 0.1) is 5.41 Å². The van der Waals surface area contributed by atoms with E-state index in [1.165, 1.54) is 19.4 Å². The van der Waals surface area contributed by atoms with E-state index in [0.29, 0.717) is 34.9 Å². The zero-order chi connectivity index (χ0) is 17.5. The Balaban J connectivity index is 1.48. The Kier molecular flexibility index (Phi) is 4.42. The van der Waals surface area contributed by atoms with E-state index in [2.05, 4.69) is 11.8 Å². The van der Waals surface area contributed by atoms with E-state index in [0.717, 1.165) is 25.9 Å². The fraction of sp³-hybridized carbons (Fsp3) is 0.667. The summed E-state index contributed by atoms with van der Waals surface area (Å²) in [7, 11) is -3.47. The predicted molar refractivity (Wildman–Crippen MR) is 94.3 cm³/mol. The van der Waals surface area contributed by atoms with Gasteiger partial charge in [0, 0.05) is 25.7 Å². The maximum absolute atomic E-state index is 13.0. The van der Waals surface area contributed by atoms with Gasteiger partial charge in [0.25, 0.3) is 0 Å². The maximum atomic E-state index is 13.0. The zero-order valence-electron chi connectivity index (χ0n) is 14.7. The molecule has 1 aromatic rings. The fourth-order valence-electron chi connectivity index (χ4n) is 4.38. The molecule has 2 fully saturated rings. The van der Waals surface area contributed by atoms with E-state index in [1.807, 2.05) is 0 Å². The van der Waals surface area contributed by atoms with E-state index in [1.54, 1.807) is 22.5 Å². The number of ether oxygens (including phenoxy) is 2. The Morgan fingerprint density at radius 1 is 1.08 bits per heavy atom. The van der Waals surface area contributed by atoms with Gasteiger partial charge in [-0.25, -0.2) is 8.42 Å². The van der Waals surface area contributed by atoms with Crippen molar-refractivity contribution in [3.05, 3.63) is 18.2 Å². The molecule has 0 aliphatic carbocycles. The summed E-state index contributed by atoms with van der Waals surface area (Å²) in [5, 5.41) is 0. The lowest BCUT2D eigenvalue weighted by Gasteiger charge is -2.47. The molecule has 0 amide bonds. The van der Waals surface area contributed by atoms with Crippen LogP contribution in [0.3, 0.4) is 0 Å². The van der Waals surface area contributed by atoms with Crippen molar-refractivity contribution in [1.29, 1.82) is 0 Å². The second-order valence-electron chi connectivity index (χ2n) is 7.39. The average Bonchev–Trinajstić information content (AvgIpc) is 3.10. The Bertz CT molecular complexity index is 741. The molecule has 0 unspecified atom stereocenters. The van der Waals surface area contributed by atoms with E-state index >= 15 is 0 Å². The number of benzene rings is 1. The van der Waals surface area contributed by atoms with Crippen molar-refractivity contribution < 1.29 is 17.9 Å². The fourth-order valence-corrected chi connectivity index (χ4v) is 5.83. The minimum atomic E-state index is -3.47. The highest BCUT2D eigenvalue weighted by atomic mass is 32.2. The summed E-state index contributed by atoms with van der Waals surface area (Å²) >= 11 is 0.